The molecule has 0 fully saturated rings. The number of aliphatic hydroxyl groups is 1. The van der Waals surface area contributed by atoms with Crippen LogP contribution in [0.5, 0.6) is 11.5 Å². The first-order chi connectivity index (χ1) is 15.5. The number of rotatable bonds is 10. The Labute approximate surface area is 191 Å². The van der Waals surface area contributed by atoms with Crippen LogP contribution in [0.2, 0.25) is 5.02 Å². The number of halogens is 3. The summed E-state index contributed by atoms with van der Waals surface area (Å²) in [6.07, 6.45) is 3.62. The molecule has 1 unspecified atom stereocenters. The summed E-state index contributed by atoms with van der Waals surface area (Å²) in [7, 11) is 0. The van der Waals surface area contributed by atoms with Gasteiger partial charge in [0.2, 0.25) is 0 Å². The minimum Gasteiger partial charge on any atom is -0.487 e. The fourth-order valence-electron chi connectivity index (χ4n) is 3.34. The van der Waals surface area contributed by atoms with Crippen LogP contribution in [0.1, 0.15) is 30.1 Å². The molecule has 2 N–H and O–H groups in total. The first kappa shape index (κ1) is 23.8. The molecule has 170 valence electrons. The third-order valence-electron chi connectivity index (χ3n) is 4.84. The molecule has 32 heavy (non-hydrogen) atoms. The van der Waals surface area contributed by atoms with E-state index in [9.17, 15) is 13.9 Å². The Morgan fingerprint density at radius 1 is 1.28 bits per heavy atom. The molecule has 0 bridgehead atoms. The highest BCUT2D eigenvalue weighted by Gasteiger charge is 2.22. The van der Waals surface area contributed by atoms with Crippen molar-refractivity contribution in [1.82, 2.24) is 5.32 Å². The van der Waals surface area contributed by atoms with Gasteiger partial charge in [0, 0.05) is 29.1 Å². The van der Waals surface area contributed by atoms with Gasteiger partial charge in [-0.05, 0) is 36.4 Å². The van der Waals surface area contributed by atoms with Gasteiger partial charge in [-0.2, -0.15) is 0 Å². The van der Waals surface area contributed by atoms with Crippen molar-refractivity contribution in [2.45, 2.75) is 25.6 Å². The molecular formula is C24H25ClF2N2O3. The highest BCUT2D eigenvalue weighted by Crippen LogP contribution is 2.38. The molecule has 5 nitrogen and oxygen atoms in total. The van der Waals surface area contributed by atoms with Crippen LogP contribution in [0.15, 0.2) is 65.8 Å². The van der Waals surface area contributed by atoms with E-state index in [1.807, 2.05) is 6.08 Å². The standard InChI is InChI=1S/C24H25ClF2N2O3/c1-2-28-24-16(5-4-11-29-24)13-21(30)19-6-3-7-22(23(19)31-12-10-26)32-15-17-8-9-18(25)14-20(17)27/h2-3,5-9,14,21,30H,1,4,10-13,15H2,(H,28,29). The van der Waals surface area contributed by atoms with Crippen LogP contribution >= 0.6 is 11.6 Å². The smallest absolute Gasteiger partial charge is 0.167 e. The van der Waals surface area contributed by atoms with Gasteiger partial charge in [0.25, 0.3) is 0 Å². The summed E-state index contributed by atoms with van der Waals surface area (Å²) in [4.78, 5) is 4.42. The van der Waals surface area contributed by atoms with Gasteiger partial charge in [0.05, 0.1) is 6.10 Å². The van der Waals surface area contributed by atoms with Crippen LogP contribution in [0.25, 0.3) is 0 Å². The maximum absolute atomic E-state index is 14.1. The summed E-state index contributed by atoms with van der Waals surface area (Å²) in [5.74, 6) is 0.659. The number of benzene rings is 2. The molecule has 0 spiro atoms. The molecule has 0 saturated heterocycles. The van der Waals surface area contributed by atoms with E-state index < -0.39 is 18.6 Å². The van der Waals surface area contributed by atoms with Crippen LogP contribution in [0, 0.1) is 5.82 Å². The van der Waals surface area contributed by atoms with Crippen molar-refractivity contribution in [2.75, 3.05) is 19.8 Å². The first-order valence-electron chi connectivity index (χ1n) is 10.2. The maximum Gasteiger partial charge on any atom is 0.167 e. The topological polar surface area (TPSA) is 63.1 Å². The van der Waals surface area contributed by atoms with E-state index in [1.54, 1.807) is 24.3 Å². The minimum atomic E-state index is -0.957. The Morgan fingerprint density at radius 2 is 2.12 bits per heavy atom. The summed E-state index contributed by atoms with van der Waals surface area (Å²) in [5, 5.41) is 14.2. The Kier molecular flexibility index (Phi) is 8.64. The zero-order valence-corrected chi connectivity index (χ0v) is 18.2. The monoisotopic (exact) mass is 462 g/mol. The number of nitrogens with one attached hydrogen (secondary N) is 1. The average Bonchev–Trinajstić information content (AvgIpc) is 2.78. The molecule has 0 amide bonds. The second kappa shape index (κ2) is 11.6. The molecule has 0 saturated carbocycles. The molecule has 2 aromatic rings. The fraction of sp³-hybridized carbons (Fsp3) is 0.292. The number of hydrogen-bond acceptors (Lipinski definition) is 5. The third kappa shape index (κ3) is 6.08. The van der Waals surface area contributed by atoms with Crippen molar-refractivity contribution in [3.63, 3.8) is 0 Å². The Morgan fingerprint density at radius 3 is 2.88 bits per heavy atom. The van der Waals surface area contributed by atoms with Gasteiger partial charge in [0.1, 0.15) is 31.5 Å². The van der Waals surface area contributed by atoms with Crippen molar-refractivity contribution in [3.05, 3.63) is 82.8 Å². The highest BCUT2D eigenvalue weighted by molar-refractivity contribution is 6.30. The van der Waals surface area contributed by atoms with Gasteiger partial charge < -0.3 is 19.9 Å². The lowest BCUT2D eigenvalue weighted by atomic mass is 9.97. The largest absolute Gasteiger partial charge is 0.487 e. The van der Waals surface area contributed by atoms with E-state index in [0.29, 0.717) is 23.5 Å². The van der Waals surface area contributed by atoms with Crippen LogP contribution in [0.4, 0.5) is 8.78 Å². The number of hydrogen-bond donors (Lipinski definition) is 2. The molecule has 8 heteroatoms. The van der Waals surface area contributed by atoms with Gasteiger partial charge in [0.15, 0.2) is 11.5 Å². The maximum atomic E-state index is 14.1. The van der Waals surface area contributed by atoms with Gasteiger partial charge in [-0.1, -0.05) is 42.5 Å². The van der Waals surface area contributed by atoms with Crippen LogP contribution in [0.3, 0.4) is 0 Å². The predicted octanol–water partition coefficient (Wildman–Crippen LogP) is 5.29. The Bertz CT molecular complexity index is 1010. The molecule has 0 aliphatic carbocycles. The molecule has 0 radical (unpaired) electrons. The molecule has 3 rings (SSSR count). The Balaban J connectivity index is 1.82. The van der Waals surface area contributed by atoms with Crippen LogP contribution < -0.4 is 14.8 Å². The summed E-state index contributed by atoms with van der Waals surface area (Å²) < 4.78 is 38.3. The first-order valence-corrected chi connectivity index (χ1v) is 10.6. The molecule has 1 atom stereocenters. The molecule has 2 aromatic carbocycles. The van der Waals surface area contributed by atoms with Crippen molar-refractivity contribution in [3.8, 4) is 11.5 Å². The third-order valence-corrected chi connectivity index (χ3v) is 5.07. The summed E-state index contributed by atoms with van der Waals surface area (Å²) in [6, 6.07) is 9.31. The van der Waals surface area contributed by atoms with Crippen LogP contribution in [-0.2, 0) is 6.61 Å². The van der Waals surface area contributed by atoms with Gasteiger partial charge in [-0.3, -0.25) is 4.99 Å². The number of para-hydroxylation sites is 1. The molecule has 0 aromatic heterocycles. The van der Waals surface area contributed by atoms with Crippen molar-refractivity contribution in [2.24, 2.45) is 4.99 Å². The number of aliphatic hydroxyl groups excluding tert-OH is 1. The van der Waals surface area contributed by atoms with Crippen LogP contribution in [-0.4, -0.2) is 30.8 Å². The number of nitrogens with zero attached hydrogens (tertiary/aromatic N) is 1. The fourth-order valence-corrected chi connectivity index (χ4v) is 3.50. The summed E-state index contributed by atoms with van der Waals surface area (Å²) >= 11 is 5.80. The van der Waals surface area contributed by atoms with Gasteiger partial charge in [-0.15, -0.1) is 0 Å². The van der Waals surface area contributed by atoms with E-state index in [0.717, 1.165) is 12.0 Å². The summed E-state index contributed by atoms with van der Waals surface area (Å²) in [6.45, 7) is 3.32. The number of amidine groups is 1. The number of dihydropyridines is 1. The average molecular weight is 463 g/mol. The SMILES string of the molecule is C=CNC1=NCCC=C1CC(O)c1cccc(OCc2ccc(Cl)cc2F)c1OCCF. The Hall–Kier alpha value is -2.90. The summed E-state index contributed by atoms with van der Waals surface area (Å²) in [5.41, 5.74) is 1.59. The number of aliphatic imine (C=N–C) groups is 1. The van der Waals surface area contributed by atoms with E-state index in [4.69, 9.17) is 21.1 Å². The van der Waals surface area contributed by atoms with Crippen molar-refractivity contribution < 1.29 is 23.4 Å². The molecule has 1 aliphatic rings. The second-order valence-corrected chi connectivity index (χ2v) is 7.49. The normalized spacial score (nSPS) is 14.2. The highest BCUT2D eigenvalue weighted by atomic mass is 35.5. The predicted molar refractivity (Wildman–Crippen MR) is 122 cm³/mol. The number of ether oxygens (including phenoxy) is 2. The lowest BCUT2D eigenvalue weighted by Gasteiger charge is -2.22. The molecule has 1 aliphatic heterocycles. The molecular weight excluding hydrogens is 438 g/mol. The zero-order chi connectivity index (χ0) is 22.9. The van der Waals surface area contributed by atoms with E-state index in [-0.39, 0.29) is 36.2 Å². The molecule has 1 heterocycles. The van der Waals surface area contributed by atoms with Gasteiger partial charge in [-0.25, -0.2) is 8.78 Å². The lowest BCUT2D eigenvalue weighted by Crippen LogP contribution is -2.23. The second-order valence-electron chi connectivity index (χ2n) is 7.05. The quantitative estimate of drug-likeness (QED) is 0.503. The lowest BCUT2D eigenvalue weighted by molar-refractivity contribution is 0.168. The van der Waals surface area contributed by atoms with Crippen molar-refractivity contribution in [1.29, 1.82) is 0 Å². The minimum absolute atomic E-state index is 0.0836. The van der Waals surface area contributed by atoms with Gasteiger partial charge >= 0.3 is 0 Å². The van der Waals surface area contributed by atoms with E-state index in [2.05, 4.69) is 16.9 Å². The van der Waals surface area contributed by atoms with E-state index in [1.165, 1.54) is 18.3 Å². The van der Waals surface area contributed by atoms with E-state index >= 15 is 0 Å². The van der Waals surface area contributed by atoms with Crippen molar-refractivity contribution >= 4 is 17.4 Å². The zero-order valence-electron chi connectivity index (χ0n) is 17.5. The number of alkyl halides is 1.